The summed E-state index contributed by atoms with van der Waals surface area (Å²) in [6, 6.07) is 5.35. The third-order valence-electron chi connectivity index (χ3n) is 5.07. The van der Waals surface area contributed by atoms with Gasteiger partial charge in [-0.25, -0.2) is 4.99 Å². The van der Waals surface area contributed by atoms with Crippen molar-refractivity contribution in [3.05, 3.63) is 23.8 Å². The number of benzene rings is 1. The van der Waals surface area contributed by atoms with E-state index in [2.05, 4.69) is 10.3 Å². The lowest BCUT2D eigenvalue weighted by atomic mass is 9.87. The highest BCUT2D eigenvalue weighted by Gasteiger charge is 2.47. The van der Waals surface area contributed by atoms with E-state index >= 15 is 0 Å². The number of para-hydroxylation sites is 1. The number of piperidine rings is 1. The quantitative estimate of drug-likeness (QED) is 0.790. The molecule has 26 heavy (non-hydrogen) atoms. The number of nitrogens with zero attached hydrogens (tertiary/aromatic N) is 3. The standard InChI is InChI=1S/C18H22N4O4/c1-21(2)17-19-16(24)18(20-17)6-8-22(9-7-18)15(23)12-4-3-5-13-14(12)26-11-10-25-13/h3-5H,6-11H2,1-2H3,(H,19,20,24). The van der Waals surface area contributed by atoms with Crippen molar-refractivity contribution < 1.29 is 19.1 Å². The number of hydrogen-bond acceptors (Lipinski definition) is 6. The van der Waals surface area contributed by atoms with Gasteiger partial charge < -0.3 is 19.3 Å². The van der Waals surface area contributed by atoms with Crippen molar-refractivity contribution in [2.45, 2.75) is 18.4 Å². The fraction of sp³-hybridized carbons (Fsp3) is 0.500. The van der Waals surface area contributed by atoms with Gasteiger partial charge in [-0.3, -0.25) is 14.9 Å². The molecule has 4 rings (SSSR count). The second kappa shape index (κ2) is 6.19. The van der Waals surface area contributed by atoms with Gasteiger partial charge in [0.15, 0.2) is 11.5 Å². The van der Waals surface area contributed by atoms with E-state index in [4.69, 9.17) is 9.47 Å². The average Bonchev–Trinajstić information content (AvgIpc) is 2.98. The Hall–Kier alpha value is -2.77. The van der Waals surface area contributed by atoms with Crippen LogP contribution in [-0.4, -0.2) is 73.5 Å². The normalized spacial score (nSPS) is 20.6. The van der Waals surface area contributed by atoms with Crippen LogP contribution in [0.5, 0.6) is 11.5 Å². The number of amides is 2. The third-order valence-corrected chi connectivity index (χ3v) is 5.07. The Morgan fingerprint density at radius 1 is 1.23 bits per heavy atom. The highest BCUT2D eigenvalue weighted by molar-refractivity contribution is 6.07. The first-order valence-corrected chi connectivity index (χ1v) is 8.77. The minimum atomic E-state index is -0.758. The van der Waals surface area contributed by atoms with E-state index in [1.165, 1.54) is 0 Å². The van der Waals surface area contributed by atoms with Crippen molar-refractivity contribution in [3.63, 3.8) is 0 Å². The Balaban J connectivity index is 1.51. The van der Waals surface area contributed by atoms with Gasteiger partial charge in [-0.05, 0) is 25.0 Å². The van der Waals surface area contributed by atoms with Crippen LogP contribution in [0, 0.1) is 0 Å². The molecule has 8 heteroatoms. The smallest absolute Gasteiger partial charge is 0.257 e. The summed E-state index contributed by atoms with van der Waals surface area (Å²) < 4.78 is 11.2. The van der Waals surface area contributed by atoms with Crippen molar-refractivity contribution in [2.24, 2.45) is 4.99 Å². The van der Waals surface area contributed by atoms with Crippen LogP contribution in [0.15, 0.2) is 23.2 Å². The van der Waals surface area contributed by atoms with Crippen molar-refractivity contribution in [3.8, 4) is 11.5 Å². The molecule has 1 aromatic carbocycles. The molecule has 0 aliphatic carbocycles. The molecule has 0 unspecified atom stereocenters. The summed E-state index contributed by atoms with van der Waals surface area (Å²) in [5, 5.41) is 2.83. The van der Waals surface area contributed by atoms with Gasteiger partial charge in [0.2, 0.25) is 5.96 Å². The van der Waals surface area contributed by atoms with Crippen molar-refractivity contribution >= 4 is 17.8 Å². The van der Waals surface area contributed by atoms with Gasteiger partial charge in [-0.1, -0.05) is 6.07 Å². The maximum Gasteiger partial charge on any atom is 0.257 e. The van der Waals surface area contributed by atoms with Gasteiger partial charge in [0.25, 0.3) is 11.8 Å². The van der Waals surface area contributed by atoms with Crippen LogP contribution >= 0.6 is 0 Å². The van der Waals surface area contributed by atoms with Crippen LogP contribution in [0.4, 0.5) is 0 Å². The number of nitrogens with one attached hydrogen (secondary N) is 1. The van der Waals surface area contributed by atoms with E-state index in [9.17, 15) is 9.59 Å². The van der Waals surface area contributed by atoms with E-state index in [1.54, 1.807) is 28.0 Å². The number of aliphatic imine (C=N–C) groups is 1. The molecular formula is C18H22N4O4. The number of likely N-dealkylation sites (tertiary alicyclic amines) is 1. The predicted octanol–water partition coefficient (Wildman–Crippen LogP) is 0.480. The zero-order valence-corrected chi connectivity index (χ0v) is 14.9. The molecule has 0 bridgehead atoms. The van der Waals surface area contributed by atoms with Crippen molar-refractivity contribution in [1.82, 2.24) is 15.1 Å². The Morgan fingerprint density at radius 3 is 2.65 bits per heavy atom. The van der Waals surface area contributed by atoms with Gasteiger partial charge in [-0.2, -0.15) is 0 Å². The monoisotopic (exact) mass is 358 g/mol. The first kappa shape index (κ1) is 16.7. The number of carbonyl (C=O) groups excluding carboxylic acids is 2. The van der Waals surface area contributed by atoms with Crippen LogP contribution in [-0.2, 0) is 4.79 Å². The molecule has 3 aliphatic heterocycles. The summed E-state index contributed by atoms with van der Waals surface area (Å²) in [5.41, 5.74) is -0.252. The molecule has 1 fully saturated rings. The molecule has 3 heterocycles. The van der Waals surface area contributed by atoms with E-state index in [0.717, 1.165) is 0 Å². The highest BCUT2D eigenvalue weighted by atomic mass is 16.6. The summed E-state index contributed by atoms with van der Waals surface area (Å²) in [4.78, 5) is 33.5. The van der Waals surface area contributed by atoms with Crippen LogP contribution < -0.4 is 14.8 Å². The molecule has 1 saturated heterocycles. The Morgan fingerprint density at radius 2 is 1.96 bits per heavy atom. The molecule has 0 saturated carbocycles. The minimum Gasteiger partial charge on any atom is -0.486 e. The van der Waals surface area contributed by atoms with Crippen LogP contribution in [0.3, 0.4) is 0 Å². The van der Waals surface area contributed by atoms with Gasteiger partial charge in [0.05, 0.1) is 5.56 Å². The lowest BCUT2D eigenvalue weighted by Crippen LogP contribution is -2.50. The number of rotatable bonds is 1. The zero-order chi connectivity index (χ0) is 18.3. The Bertz CT molecular complexity index is 781. The average molecular weight is 358 g/mol. The molecule has 0 radical (unpaired) electrons. The number of fused-ring (bicyclic) bond motifs is 1. The van der Waals surface area contributed by atoms with E-state index < -0.39 is 5.54 Å². The molecular weight excluding hydrogens is 336 g/mol. The maximum absolute atomic E-state index is 13.0. The fourth-order valence-corrected chi connectivity index (χ4v) is 3.54. The SMILES string of the molecule is CN(C)C1=NC2(CCN(C(=O)c3cccc4c3OCCO4)CC2)C(=O)N1. The van der Waals surface area contributed by atoms with Crippen molar-refractivity contribution in [1.29, 1.82) is 0 Å². The van der Waals surface area contributed by atoms with Gasteiger partial charge in [-0.15, -0.1) is 0 Å². The second-order valence-corrected chi connectivity index (χ2v) is 6.94. The molecule has 1 aromatic rings. The summed E-state index contributed by atoms with van der Waals surface area (Å²) in [6.07, 6.45) is 1.02. The van der Waals surface area contributed by atoms with E-state index in [1.807, 2.05) is 14.1 Å². The van der Waals surface area contributed by atoms with Gasteiger partial charge in [0.1, 0.15) is 18.8 Å². The fourth-order valence-electron chi connectivity index (χ4n) is 3.54. The van der Waals surface area contributed by atoms with E-state index in [-0.39, 0.29) is 11.8 Å². The topological polar surface area (TPSA) is 83.5 Å². The minimum absolute atomic E-state index is 0.0814. The zero-order valence-electron chi connectivity index (χ0n) is 14.9. The Kier molecular flexibility index (Phi) is 3.97. The molecule has 2 amide bonds. The summed E-state index contributed by atoms with van der Waals surface area (Å²) >= 11 is 0. The number of guanidine groups is 1. The second-order valence-electron chi connectivity index (χ2n) is 6.94. The third kappa shape index (κ3) is 2.65. The number of hydrogen-bond donors (Lipinski definition) is 1. The van der Waals surface area contributed by atoms with Crippen LogP contribution in [0.1, 0.15) is 23.2 Å². The lowest BCUT2D eigenvalue weighted by molar-refractivity contribution is -0.125. The van der Waals surface area contributed by atoms with E-state index in [0.29, 0.717) is 62.2 Å². The van der Waals surface area contributed by atoms with Gasteiger partial charge in [0, 0.05) is 27.2 Å². The van der Waals surface area contributed by atoms with Crippen molar-refractivity contribution in [2.75, 3.05) is 40.4 Å². The molecule has 0 aromatic heterocycles. The van der Waals surface area contributed by atoms with Gasteiger partial charge >= 0.3 is 0 Å². The number of carbonyl (C=O) groups is 2. The molecule has 138 valence electrons. The predicted molar refractivity (Wildman–Crippen MR) is 94.6 cm³/mol. The first-order valence-electron chi connectivity index (χ1n) is 8.77. The largest absolute Gasteiger partial charge is 0.486 e. The molecule has 0 atom stereocenters. The molecule has 8 nitrogen and oxygen atoms in total. The summed E-state index contributed by atoms with van der Waals surface area (Å²) in [5.74, 6) is 1.51. The Labute approximate surface area is 151 Å². The lowest BCUT2D eigenvalue weighted by Gasteiger charge is -2.35. The molecule has 3 aliphatic rings. The summed E-state index contributed by atoms with van der Waals surface area (Å²) in [7, 11) is 3.69. The first-order chi connectivity index (χ1) is 12.5. The van der Waals surface area contributed by atoms with Crippen LogP contribution in [0.25, 0.3) is 0 Å². The number of ether oxygens (including phenoxy) is 2. The maximum atomic E-state index is 13.0. The van der Waals surface area contributed by atoms with Crippen LogP contribution in [0.2, 0.25) is 0 Å². The highest BCUT2D eigenvalue weighted by Crippen LogP contribution is 2.36. The molecule has 1 N–H and O–H groups in total. The summed E-state index contributed by atoms with van der Waals surface area (Å²) in [6.45, 7) is 1.86. The molecule has 1 spiro atoms.